The molecule has 0 saturated carbocycles. The summed E-state index contributed by atoms with van der Waals surface area (Å²) in [6, 6.07) is 18.5. The predicted molar refractivity (Wildman–Crippen MR) is 80.6 cm³/mol. The van der Waals surface area contributed by atoms with Crippen LogP contribution < -0.4 is 4.74 Å². The summed E-state index contributed by atoms with van der Waals surface area (Å²) in [6.45, 7) is 2.12. The van der Waals surface area contributed by atoms with Crippen molar-refractivity contribution in [1.82, 2.24) is 0 Å². The molecule has 1 heterocycles. The Labute approximate surface area is 119 Å². The van der Waals surface area contributed by atoms with Crippen LogP contribution >= 0.6 is 0 Å². The molecule has 0 fully saturated rings. The molecule has 2 aromatic rings. The fourth-order valence-corrected chi connectivity index (χ4v) is 2.32. The molecule has 2 heteroatoms. The van der Waals surface area contributed by atoms with Gasteiger partial charge < -0.3 is 9.47 Å². The average molecular weight is 266 g/mol. The van der Waals surface area contributed by atoms with E-state index in [1.54, 1.807) is 0 Å². The van der Waals surface area contributed by atoms with Crippen molar-refractivity contribution in [1.29, 1.82) is 0 Å². The highest BCUT2D eigenvalue weighted by Gasteiger charge is 2.07. The molecule has 0 atom stereocenters. The van der Waals surface area contributed by atoms with E-state index in [0.717, 1.165) is 18.8 Å². The van der Waals surface area contributed by atoms with Gasteiger partial charge in [0.2, 0.25) is 0 Å². The molecule has 0 spiro atoms. The molecule has 0 radical (unpaired) electrons. The summed E-state index contributed by atoms with van der Waals surface area (Å²) in [5.74, 6) is 0.916. The lowest BCUT2D eigenvalue weighted by atomic mass is 10.0. The lowest BCUT2D eigenvalue weighted by Gasteiger charge is -2.14. The highest BCUT2D eigenvalue weighted by atomic mass is 16.5. The van der Waals surface area contributed by atoms with Crippen LogP contribution in [0.15, 0.2) is 60.7 Å². The number of hydrogen-bond acceptors (Lipinski definition) is 2. The van der Waals surface area contributed by atoms with Crippen molar-refractivity contribution in [3.63, 3.8) is 0 Å². The first-order chi connectivity index (χ1) is 9.92. The van der Waals surface area contributed by atoms with E-state index in [9.17, 15) is 0 Å². The van der Waals surface area contributed by atoms with Crippen LogP contribution in [0, 0.1) is 0 Å². The molecule has 0 aliphatic carbocycles. The standard InChI is InChI=1S/C18H18O2/c1-2-5-15(6-3-1)14-20-18-8-4-7-17(13-18)16-9-11-19-12-10-16/h1-9,13H,10-12,14H2. The van der Waals surface area contributed by atoms with Gasteiger partial charge in [0.1, 0.15) is 12.4 Å². The monoisotopic (exact) mass is 266 g/mol. The van der Waals surface area contributed by atoms with Gasteiger partial charge in [-0.3, -0.25) is 0 Å². The summed E-state index contributed by atoms with van der Waals surface area (Å²) in [5.41, 5.74) is 3.77. The first-order valence-electron chi connectivity index (χ1n) is 6.96. The van der Waals surface area contributed by atoms with Crippen molar-refractivity contribution in [3.8, 4) is 5.75 Å². The highest BCUT2D eigenvalue weighted by Crippen LogP contribution is 2.25. The van der Waals surface area contributed by atoms with E-state index in [1.807, 2.05) is 30.3 Å². The van der Waals surface area contributed by atoms with Gasteiger partial charge in [0.05, 0.1) is 13.2 Å². The molecule has 3 rings (SSSR count). The Morgan fingerprint density at radius 2 is 1.90 bits per heavy atom. The van der Waals surface area contributed by atoms with Gasteiger partial charge in [-0.2, -0.15) is 0 Å². The van der Waals surface area contributed by atoms with Crippen molar-refractivity contribution >= 4 is 5.57 Å². The van der Waals surface area contributed by atoms with E-state index in [-0.39, 0.29) is 0 Å². The van der Waals surface area contributed by atoms with E-state index in [4.69, 9.17) is 9.47 Å². The van der Waals surface area contributed by atoms with Crippen molar-refractivity contribution in [3.05, 3.63) is 71.8 Å². The zero-order valence-electron chi connectivity index (χ0n) is 11.4. The SMILES string of the molecule is C1=C(c2cccc(OCc3ccccc3)c2)CCOC1. The highest BCUT2D eigenvalue weighted by molar-refractivity contribution is 5.67. The molecule has 1 aliphatic heterocycles. The zero-order chi connectivity index (χ0) is 13.6. The number of hydrogen-bond donors (Lipinski definition) is 0. The van der Waals surface area contributed by atoms with Gasteiger partial charge in [-0.05, 0) is 35.3 Å². The molecular formula is C18H18O2. The van der Waals surface area contributed by atoms with Gasteiger partial charge in [-0.15, -0.1) is 0 Å². The second-order valence-corrected chi connectivity index (χ2v) is 4.86. The first-order valence-corrected chi connectivity index (χ1v) is 6.96. The fourth-order valence-electron chi connectivity index (χ4n) is 2.32. The summed E-state index contributed by atoms with van der Waals surface area (Å²) in [4.78, 5) is 0. The largest absolute Gasteiger partial charge is 0.489 e. The van der Waals surface area contributed by atoms with Crippen LogP contribution in [0.25, 0.3) is 5.57 Å². The number of rotatable bonds is 4. The molecular weight excluding hydrogens is 248 g/mol. The Hall–Kier alpha value is -2.06. The maximum Gasteiger partial charge on any atom is 0.120 e. The minimum Gasteiger partial charge on any atom is -0.489 e. The van der Waals surface area contributed by atoms with Crippen LogP contribution in [-0.4, -0.2) is 13.2 Å². The van der Waals surface area contributed by atoms with Gasteiger partial charge in [0.25, 0.3) is 0 Å². The van der Waals surface area contributed by atoms with Gasteiger partial charge in [0.15, 0.2) is 0 Å². The van der Waals surface area contributed by atoms with E-state index in [0.29, 0.717) is 13.2 Å². The second-order valence-electron chi connectivity index (χ2n) is 4.86. The summed E-state index contributed by atoms with van der Waals surface area (Å²) >= 11 is 0. The molecule has 0 amide bonds. The zero-order valence-corrected chi connectivity index (χ0v) is 11.4. The molecule has 20 heavy (non-hydrogen) atoms. The third kappa shape index (κ3) is 3.28. The quantitative estimate of drug-likeness (QED) is 0.830. The molecule has 2 aromatic carbocycles. The van der Waals surface area contributed by atoms with Crippen LogP contribution in [-0.2, 0) is 11.3 Å². The van der Waals surface area contributed by atoms with Crippen LogP contribution in [0.5, 0.6) is 5.75 Å². The molecule has 0 unspecified atom stereocenters. The van der Waals surface area contributed by atoms with Crippen LogP contribution in [0.1, 0.15) is 17.5 Å². The summed E-state index contributed by atoms with van der Waals surface area (Å²) < 4.78 is 11.2. The van der Waals surface area contributed by atoms with E-state index < -0.39 is 0 Å². The topological polar surface area (TPSA) is 18.5 Å². The third-order valence-electron chi connectivity index (χ3n) is 3.42. The molecule has 0 bridgehead atoms. The molecule has 2 nitrogen and oxygen atoms in total. The minimum atomic E-state index is 0.604. The van der Waals surface area contributed by atoms with Crippen molar-refractivity contribution in [2.75, 3.05) is 13.2 Å². The first kappa shape index (κ1) is 12.9. The minimum absolute atomic E-state index is 0.604. The average Bonchev–Trinajstić information content (AvgIpc) is 2.55. The lowest BCUT2D eigenvalue weighted by Crippen LogP contribution is -2.03. The van der Waals surface area contributed by atoms with Gasteiger partial charge >= 0.3 is 0 Å². The van der Waals surface area contributed by atoms with Crippen molar-refractivity contribution in [2.24, 2.45) is 0 Å². The molecule has 1 aliphatic rings. The van der Waals surface area contributed by atoms with Crippen LogP contribution in [0.2, 0.25) is 0 Å². The maximum atomic E-state index is 5.87. The molecule has 0 N–H and O–H groups in total. The van der Waals surface area contributed by atoms with E-state index in [2.05, 4.69) is 30.3 Å². The van der Waals surface area contributed by atoms with E-state index >= 15 is 0 Å². The smallest absolute Gasteiger partial charge is 0.120 e. The Bertz CT molecular complexity index is 587. The maximum absolute atomic E-state index is 5.87. The van der Waals surface area contributed by atoms with Crippen molar-refractivity contribution < 1.29 is 9.47 Å². The Morgan fingerprint density at radius 1 is 1.00 bits per heavy atom. The van der Waals surface area contributed by atoms with Crippen molar-refractivity contribution in [2.45, 2.75) is 13.0 Å². The van der Waals surface area contributed by atoms with Gasteiger partial charge in [-0.25, -0.2) is 0 Å². The number of benzene rings is 2. The summed E-state index contributed by atoms with van der Waals surface area (Å²) in [7, 11) is 0. The second kappa shape index (κ2) is 6.40. The van der Waals surface area contributed by atoms with Gasteiger partial charge in [0, 0.05) is 0 Å². The van der Waals surface area contributed by atoms with Gasteiger partial charge in [-0.1, -0.05) is 48.5 Å². The third-order valence-corrected chi connectivity index (χ3v) is 3.42. The van der Waals surface area contributed by atoms with Crippen LogP contribution in [0.4, 0.5) is 0 Å². The molecule has 102 valence electrons. The molecule has 0 aromatic heterocycles. The van der Waals surface area contributed by atoms with Crippen LogP contribution in [0.3, 0.4) is 0 Å². The normalized spacial score (nSPS) is 14.7. The van der Waals surface area contributed by atoms with E-state index in [1.165, 1.54) is 16.7 Å². The fraction of sp³-hybridized carbons (Fsp3) is 0.222. The summed E-state index contributed by atoms with van der Waals surface area (Å²) in [6.07, 6.45) is 3.13. The Morgan fingerprint density at radius 3 is 2.70 bits per heavy atom. The predicted octanol–water partition coefficient (Wildman–Crippen LogP) is 4.07. The molecule has 0 saturated heterocycles. The Balaban J connectivity index is 1.70. The summed E-state index contributed by atoms with van der Waals surface area (Å²) in [5, 5.41) is 0. The lowest BCUT2D eigenvalue weighted by molar-refractivity contribution is 0.161. The number of ether oxygens (including phenoxy) is 2. The Kier molecular flexibility index (Phi) is 4.14.